The maximum absolute atomic E-state index is 12.6. The van der Waals surface area contributed by atoms with E-state index < -0.39 is 5.92 Å². The summed E-state index contributed by atoms with van der Waals surface area (Å²) < 4.78 is 6.56. The number of rotatable bonds is 8. The van der Waals surface area contributed by atoms with Crippen LogP contribution in [0.15, 0.2) is 77.3 Å². The number of aryl methyl sites for hydroxylation is 1. The fourth-order valence-corrected chi connectivity index (χ4v) is 4.10. The molecule has 1 heterocycles. The monoisotopic (exact) mass is 535 g/mol. The molecule has 0 aliphatic carbocycles. The summed E-state index contributed by atoms with van der Waals surface area (Å²) in [7, 11) is 0. The lowest BCUT2D eigenvalue weighted by Crippen LogP contribution is -2.32. The Labute approximate surface area is 212 Å². The van der Waals surface area contributed by atoms with Gasteiger partial charge in [0.05, 0.1) is 5.92 Å². The molecule has 1 fully saturated rings. The van der Waals surface area contributed by atoms with Crippen LogP contribution in [0, 0.1) is 12.8 Å². The van der Waals surface area contributed by atoms with Gasteiger partial charge in [-0.25, -0.2) is 0 Å². The summed E-state index contributed by atoms with van der Waals surface area (Å²) in [6, 6.07) is 22.2. The number of benzene rings is 3. The van der Waals surface area contributed by atoms with E-state index in [0.717, 1.165) is 15.6 Å². The van der Waals surface area contributed by atoms with Crippen LogP contribution in [0.3, 0.4) is 0 Å². The zero-order chi connectivity index (χ0) is 24.8. The molecule has 4 rings (SSSR count). The van der Waals surface area contributed by atoms with Gasteiger partial charge < -0.3 is 20.3 Å². The molecule has 3 aromatic rings. The molecule has 2 N–H and O–H groups in total. The molecule has 0 unspecified atom stereocenters. The Morgan fingerprint density at radius 2 is 1.80 bits per heavy atom. The molecule has 3 amide bonds. The van der Waals surface area contributed by atoms with Crippen LogP contribution in [0.1, 0.15) is 17.5 Å². The normalized spacial score (nSPS) is 15.1. The lowest BCUT2D eigenvalue weighted by atomic mass is 10.1. The summed E-state index contributed by atoms with van der Waals surface area (Å²) in [6.45, 7) is 2.57. The third kappa shape index (κ3) is 6.48. The second kappa shape index (κ2) is 11.2. The van der Waals surface area contributed by atoms with Gasteiger partial charge in [-0.2, -0.15) is 0 Å². The highest BCUT2D eigenvalue weighted by molar-refractivity contribution is 9.10. The van der Waals surface area contributed by atoms with Crippen molar-refractivity contribution in [1.82, 2.24) is 5.32 Å². The lowest BCUT2D eigenvalue weighted by Gasteiger charge is -2.17. The van der Waals surface area contributed by atoms with Crippen molar-refractivity contribution in [2.45, 2.75) is 19.9 Å². The van der Waals surface area contributed by atoms with Crippen LogP contribution in [0.25, 0.3) is 0 Å². The molecule has 35 heavy (non-hydrogen) atoms. The number of nitrogens with one attached hydrogen (secondary N) is 2. The number of amides is 3. The van der Waals surface area contributed by atoms with Crippen LogP contribution >= 0.6 is 15.9 Å². The van der Waals surface area contributed by atoms with Gasteiger partial charge in [0, 0.05) is 35.4 Å². The predicted molar refractivity (Wildman–Crippen MR) is 138 cm³/mol. The summed E-state index contributed by atoms with van der Waals surface area (Å²) in [6.07, 6.45) is 0.175. The Balaban J connectivity index is 1.27. The lowest BCUT2D eigenvalue weighted by molar-refractivity contribution is -0.126. The van der Waals surface area contributed by atoms with Crippen molar-refractivity contribution >= 4 is 45.0 Å². The smallest absolute Gasteiger partial charge is 0.262 e. The minimum Gasteiger partial charge on any atom is -0.484 e. The van der Waals surface area contributed by atoms with Crippen LogP contribution in [-0.4, -0.2) is 30.9 Å². The minimum absolute atomic E-state index is 0.0947. The van der Waals surface area contributed by atoms with Crippen molar-refractivity contribution in [1.29, 1.82) is 0 Å². The molecule has 0 saturated carbocycles. The van der Waals surface area contributed by atoms with Gasteiger partial charge in [-0.3, -0.25) is 14.4 Å². The molecule has 0 spiro atoms. The maximum atomic E-state index is 12.6. The number of hydrogen-bond acceptors (Lipinski definition) is 4. The summed E-state index contributed by atoms with van der Waals surface area (Å²) in [4.78, 5) is 38.9. The number of carbonyl (C=O) groups is 3. The van der Waals surface area contributed by atoms with Crippen molar-refractivity contribution in [3.8, 4) is 5.75 Å². The Kier molecular flexibility index (Phi) is 7.82. The molecule has 180 valence electrons. The first kappa shape index (κ1) is 24.5. The molecular weight excluding hydrogens is 510 g/mol. The molecule has 8 heteroatoms. The molecule has 3 aromatic carbocycles. The van der Waals surface area contributed by atoms with Gasteiger partial charge >= 0.3 is 0 Å². The number of anilines is 2. The first-order valence-electron chi connectivity index (χ1n) is 11.3. The Morgan fingerprint density at radius 1 is 1.06 bits per heavy atom. The number of carbonyl (C=O) groups excluding carboxylic acids is 3. The highest BCUT2D eigenvalue weighted by atomic mass is 79.9. The van der Waals surface area contributed by atoms with Crippen LogP contribution in [0.5, 0.6) is 5.75 Å². The molecule has 1 aliphatic heterocycles. The van der Waals surface area contributed by atoms with E-state index in [4.69, 9.17) is 4.74 Å². The quantitative estimate of drug-likeness (QED) is 0.446. The zero-order valence-electron chi connectivity index (χ0n) is 19.3. The first-order valence-corrected chi connectivity index (χ1v) is 12.1. The van der Waals surface area contributed by atoms with Gasteiger partial charge in [0.15, 0.2) is 6.61 Å². The standard InChI is InChI=1S/C27H26BrN3O4/c1-18-13-21(7-12-24(18)28)30-25(32)17-35-23-10-8-22(9-11-23)31-16-20(14-26(31)33)27(34)29-15-19-5-3-2-4-6-19/h2-13,20H,14-17H2,1H3,(H,29,34)(H,30,32)/t20-/m1/s1. The summed E-state index contributed by atoms with van der Waals surface area (Å²) >= 11 is 3.43. The first-order chi connectivity index (χ1) is 16.9. The molecule has 1 atom stereocenters. The van der Waals surface area contributed by atoms with Crippen molar-refractivity contribution in [3.05, 3.63) is 88.4 Å². The van der Waals surface area contributed by atoms with Gasteiger partial charge in [0.2, 0.25) is 11.8 Å². The van der Waals surface area contributed by atoms with Crippen LogP contribution in [0.4, 0.5) is 11.4 Å². The van der Waals surface area contributed by atoms with E-state index in [9.17, 15) is 14.4 Å². The van der Waals surface area contributed by atoms with Crippen molar-refractivity contribution < 1.29 is 19.1 Å². The molecule has 1 aliphatic rings. The van der Waals surface area contributed by atoms with Gasteiger partial charge in [-0.1, -0.05) is 46.3 Å². The van der Waals surface area contributed by atoms with Gasteiger partial charge in [0.25, 0.3) is 5.91 Å². The second-order valence-corrected chi connectivity index (χ2v) is 9.26. The van der Waals surface area contributed by atoms with E-state index in [0.29, 0.717) is 30.2 Å². The molecule has 0 aromatic heterocycles. The van der Waals surface area contributed by atoms with Crippen LogP contribution in [0.2, 0.25) is 0 Å². The largest absolute Gasteiger partial charge is 0.484 e. The maximum Gasteiger partial charge on any atom is 0.262 e. The number of ether oxygens (including phenoxy) is 1. The molecule has 7 nitrogen and oxygen atoms in total. The van der Waals surface area contributed by atoms with Crippen molar-refractivity contribution in [3.63, 3.8) is 0 Å². The Hall–Kier alpha value is -3.65. The third-order valence-electron chi connectivity index (χ3n) is 5.77. The highest BCUT2D eigenvalue weighted by Crippen LogP contribution is 2.27. The van der Waals surface area contributed by atoms with Gasteiger partial charge in [-0.15, -0.1) is 0 Å². The Bertz CT molecular complexity index is 1210. The average molecular weight is 536 g/mol. The van der Waals surface area contributed by atoms with E-state index in [-0.39, 0.29) is 30.7 Å². The number of nitrogens with zero attached hydrogens (tertiary/aromatic N) is 1. The van der Waals surface area contributed by atoms with Crippen LogP contribution < -0.4 is 20.3 Å². The van der Waals surface area contributed by atoms with E-state index in [1.54, 1.807) is 29.2 Å². The molecular formula is C27H26BrN3O4. The van der Waals surface area contributed by atoms with E-state index in [1.165, 1.54) is 0 Å². The Morgan fingerprint density at radius 3 is 2.51 bits per heavy atom. The summed E-state index contributed by atoms with van der Waals surface area (Å²) in [5.41, 5.74) is 3.42. The molecule has 1 saturated heterocycles. The minimum atomic E-state index is -0.395. The van der Waals surface area contributed by atoms with E-state index >= 15 is 0 Å². The summed E-state index contributed by atoms with van der Waals surface area (Å²) in [5, 5.41) is 5.72. The average Bonchev–Trinajstić information content (AvgIpc) is 3.26. The van der Waals surface area contributed by atoms with Crippen molar-refractivity contribution in [2.75, 3.05) is 23.4 Å². The SMILES string of the molecule is Cc1cc(NC(=O)COc2ccc(N3C[C@H](C(=O)NCc4ccccc4)CC3=O)cc2)ccc1Br. The third-order valence-corrected chi connectivity index (χ3v) is 6.66. The van der Waals surface area contributed by atoms with E-state index in [1.807, 2.05) is 55.5 Å². The highest BCUT2D eigenvalue weighted by Gasteiger charge is 2.35. The van der Waals surface area contributed by atoms with Gasteiger partial charge in [-0.05, 0) is 60.5 Å². The zero-order valence-corrected chi connectivity index (χ0v) is 20.9. The predicted octanol–water partition coefficient (Wildman–Crippen LogP) is 4.44. The summed E-state index contributed by atoms with van der Waals surface area (Å²) in [5.74, 6) is -0.373. The topological polar surface area (TPSA) is 87.7 Å². The van der Waals surface area contributed by atoms with E-state index in [2.05, 4.69) is 26.6 Å². The van der Waals surface area contributed by atoms with Gasteiger partial charge in [0.1, 0.15) is 5.75 Å². The number of hydrogen-bond donors (Lipinski definition) is 2. The number of halogens is 1. The van der Waals surface area contributed by atoms with Crippen molar-refractivity contribution in [2.24, 2.45) is 5.92 Å². The molecule has 0 radical (unpaired) electrons. The van der Waals surface area contributed by atoms with Crippen LogP contribution in [-0.2, 0) is 20.9 Å². The second-order valence-electron chi connectivity index (χ2n) is 8.40. The fourth-order valence-electron chi connectivity index (χ4n) is 3.85. The molecule has 0 bridgehead atoms. The fraction of sp³-hybridized carbons (Fsp3) is 0.222.